The lowest BCUT2D eigenvalue weighted by molar-refractivity contribution is -0.105. The monoisotopic (exact) mass is 315 g/mol. The zero-order valence-electron chi connectivity index (χ0n) is 12.1. The van der Waals surface area contributed by atoms with Crippen LogP contribution in [0.3, 0.4) is 0 Å². The fourth-order valence-electron chi connectivity index (χ4n) is 2.56. The van der Waals surface area contributed by atoms with Crippen LogP contribution >= 0.6 is 11.3 Å². The molecule has 5 nitrogen and oxygen atoms in total. The lowest BCUT2D eigenvalue weighted by atomic mass is 10.2. The van der Waals surface area contributed by atoms with Crippen LogP contribution in [0.1, 0.15) is 9.67 Å². The van der Waals surface area contributed by atoms with Gasteiger partial charge in [-0.25, -0.2) is 0 Å². The van der Waals surface area contributed by atoms with Gasteiger partial charge in [-0.3, -0.25) is 9.59 Å². The summed E-state index contributed by atoms with van der Waals surface area (Å²) in [6.07, 6.45) is 0.671. The van der Waals surface area contributed by atoms with Gasteiger partial charge in [0.1, 0.15) is 0 Å². The molecule has 0 aliphatic carbocycles. The smallest absolute Gasteiger partial charge is 0.264 e. The largest absolute Gasteiger partial charge is 0.368 e. The van der Waals surface area contributed by atoms with Crippen LogP contribution in [0.15, 0.2) is 41.8 Å². The summed E-state index contributed by atoms with van der Waals surface area (Å²) in [5, 5.41) is 4.55. The molecule has 1 aliphatic rings. The third-order valence-corrected chi connectivity index (χ3v) is 4.61. The molecule has 0 atom stereocenters. The second kappa shape index (κ2) is 6.62. The molecule has 3 rings (SSSR count). The minimum atomic E-state index is 0.125. The van der Waals surface area contributed by atoms with E-state index in [-0.39, 0.29) is 5.91 Å². The number of benzene rings is 1. The molecule has 1 aliphatic heterocycles. The quantitative estimate of drug-likeness (QED) is 0.881. The predicted octanol–water partition coefficient (Wildman–Crippen LogP) is 2.28. The molecule has 2 heterocycles. The second-order valence-electron chi connectivity index (χ2n) is 5.07. The maximum atomic E-state index is 12.3. The minimum Gasteiger partial charge on any atom is -0.368 e. The number of carbonyl (C=O) groups excluding carboxylic acids is 2. The third-order valence-electron chi connectivity index (χ3n) is 3.76. The highest BCUT2D eigenvalue weighted by Crippen LogP contribution is 2.20. The van der Waals surface area contributed by atoms with Crippen LogP contribution < -0.4 is 10.2 Å². The Bertz CT molecular complexity index is 632. The number of carbonyl (C=O) groups is 2. The molecule has 22 heavy (non-hydrogen) atoms. The van der Waals surface area contributed by atoms with E-state index >= 15 is 0 Å². The molecule has 1 fully saturated rings. The van der Waals surface area contributed by atoms with Crippen molar-refractivity contribution in [1.29, 1.82) is 0 Å². The van der Waals surface area contributed by atoms with Crippen molar-refractivity contribution in [2.75, 3.05) is 36.4 Å². The normalized spacial score (nSPS) is 14.7. The topological polar surface area (TPSA) is 52.7 Å². The Labute approximate surface area is 133 Å². The first-order chi connectivity index (χ1) is 10.8. The molecular weight excluding hydrogens is 298 g/mol. The van der Waals surface area contributed by atoms with Gasteiger partial charge in [0.2, 0.25) is 6.41 Å². The molecule has 1 saturated heterocycles. The molecule has 0 unspecified atom stereocenters. The Hall–Kier alpha value is -2.34. The number of amides is 2. The van der Waals surface area contributed by atoms with E-state index in [4.69, 9.17) is 0 Å². The molecule has 0 saturated carbocycles. The van der Waals surface area contributed by atoms with Crippen LogP contribution in [0.25, 0.3) is 0 Å². The highest BCUT2D eigenvalue weighted by molar-refractivity contribution is 7.12. The number of rotatable bonds is 4. The van der Waals surface area contributed by atoms with E-state index in [1.54, 1.807) is 0 Å². The molecule has 1 aromatic heterocycles. The molecule has 0 spiro atoms. The Morgan fingerprint density at radius 3 is 2.41 bits per heavy atom. The summed E-state index contributed by atoms with van der Waals surface area (Å²) in [6, 6.07) is 11.5. The average Bonchev–Trinajstić information content (AvgIpc) is 3.10. The van der Waals surface area contributed by atoms with Gasteiger partial charge in [-0.15, -0.1) is 11.3 Å². The van der Waals surface area contributed by atoms with Gasteiger partial charge in [-0.1, -0.05) is 6.07 Å². The van der Waals surface area contributed by atoms with Crippen molar-refractivity contribution in [2.45, 2.75) is 0 Å². The molecule has 2 amide bonds. The van der Waals surface area contributed by atoms with Crippen molar-refractivity contribution in [3.05, 3.63) is 46.7 Å². The van der Waals surface area contributed by atoms with Gasteiger partial charge in [0, 0.05) is 37.6 Å². The van der Waals surface area contributed by atoms with Crippen LogP contribution in [-0.2, 0) is 4.79 Å². The van der Waals surface area contributed by atoms with E-state index in [0.717, 1.165) is 42.4 Å². The molecular formula is C16H17N3O2S. The van der Waals surface area contributed by atoms with Crippen molar-refractivity contribution in [3.8, 4) is 0 Å². The van der Waals surface area contributed by atoms with E-state index in [1.807, 2.05) is 46.7 Å². The molecule has 2 aromatic rings. The standard InChI is InChI=1S/C16H17N3O2S/c20-12-17-13-3-5-14(6-4-13)18-7-9-19(10-8-18)16(21)15-2-1-11-22-15/h1-6,11-12H,7-10H2,(H,17,20). The highest BCUT2D eigenvalue weighted by Gasteiger charge is 2.22. The predicted molar refractivity (Wildman–Crippen MR) is 88.6 cm³/mol. The van der Waals surface area contributed by atoms with Crippen molar-refractivity contribution < 1.29 is 9.59 Å². The summed E-state index contributed by atoms with van der Waals surface area (Å²) in [6.45, 7) is 3.09. The number of hydrogen-bond acceptors (Lipinski definition) is 4. The van der Waals surface area contributed by atoms with Gasteiger partial charge in [0.25, 0.3) is 5.91 Å². The van der Waals surface area contributed by atoms with Gasteiger partial charge >= 0.3 is 0 Å². The van der Waals surface area contributed by atoms with Gasteiger partial charge in [-0.2, -0.15) is 0 Å². The average molecular weight is 315 g/mol. The van der Waals surface area contributed by atoms with Crippen LogP contribution in [0.2, 0.25) is 0 Å². The van der Waals surface area contributed by atoms with Crippen LogP contribution in [0.5, 0.6) is 0 Å². The summed E-state index contributed by atoms with van der Waals surface area (Å²) >= 11 is 1.49. The van der Waals surface area contributed by atoms with Crippen LogP contribution in [0, 0.1) is 0 Å². The molecule has 6 heteroatoms. The fourth-order valence-corrected chi connectivity index (χ4v) is 3.25. The number of thiophene rings is 1. The van der Waals surface area contributed by atoms with Gasteiger partial charge in [-0.05, 0) is 35.7 Å². The maximum Gasteiger partial charge on any atom is 0.264 e. The van der Waals surface area contributed by atoms with Crippen LogP contribution in [0.4, 0.5) is 11.4 Å². The number of nitrogens with zero attached hydrogens (tertiary/aromatic N) is 2. The number of anilines is 2. The summed E-state index contributed by atoms with van der Waals surface area (Å²) < 4.78 is 0. The number of hydrogen-bond donors (Lipinski definition) is 1. The number of nitrogens with one attached hydrogen (secondary N) is 1. The minimum absolute atomic E-state index is 0.125. The Morgan fingerprint density at radius 2 is 1.82 bits per heavy atom. The first-order valence-corrected chi connectivity index (χ1v) is 8.04. The Kier molecular flexibility index (Phi) is 4.39. The van der Waals surface area contributed by atoms with E-state index in [2.05, 4.69) is 10.2 Å². The number of piperazine rings is 1. The van der Waals surface area contributed by atoms with Crippen molar-refractivity contribution in [3.63, 3.8) is 0 Å². The summed E-state index contributed by atoms with van der Waals surface area (Å²) in [5.41, 5.74) is 1.89. The highest BCUT2D eigenvalue weighted by atomic mass is 32.1. The van der Waals surface area contributed by atoms with E-state index < -0.39 is 0 Å². The molecule has 0 bridgehead atoms. The zero-order chi connectivity index (χ0) is 15.4. The summed E-state index contributed by atoms with van der Waals surface area (Å²) in [7, 11) is 0. The molecule has 0 radical (unpaired) electrons. The molecule has 114 valence electrons. The third kappa shape index (κ3) is 3.12. The molecule has 1 N–H and O–H groups in total. The fraction of sp³-hybridized carbons (Fsp3) is 0.250. The Morgan fingerprint density at radius 1 is 1.09 bits per heavy atom. The van der Waals surface area contributed by atoms with Crippen molar-refractivity contribution in [2.24, 2.45) is 0 Å². The van der Waals surface area contributed by atoms with Crippen LogP contribution in [-0.4, -0.2) is 43.4 Å². The second-order valence-corrected chi connectivity index (χ2v) is 6.01. The van der Waals surface area contributed by atoms with Gasteiger partial charge < -0.3 is 15.1 Å². The van der Waals surface area contributed by atoms with Gasteiger partial charge in [0.15, 0.2) is 0 Å². The van der Waals surface area contributed by atoms with Crippen molar-refractivity contribution in [1.82, 2.24) is 4.90 Å². The van der Waals surface area contributed by atoms with Gasteiger partial charge in [0.05, 0.1) is 4.88 Å². The SMILES string of the molecule is O=CNc1ccc(N2CCN(C(=O)c3cccs3)CC2)cc1. The molecule has 1 aromatic carbocycles. The summed E-state index contributed by atoms with van der Waals surface area (Å²) in [4.78, 5) is 27.7. The first kappa shape index (κ1) is 14.6. The zero-order valence-corrected chi connectivity index (χ0v) is 12.9. The summed E-state index contributed by atoms with van der Waals surface area (Å²) in [5.74, 6) is 0.125. The maximum absolute atomic E-state index is 12.3. The first-order valence-electron chi connectivity index (χ1n) is 7.16. The van der Waals surface area contributed by atoms with E-state index in [1.165, 1.54) is 11.3 Å². The Balaban J connectivity index is 1.59. The lowest BCUT2D eigenvalue weighted by Crippen LogP contribution is -2.48. The van der Waals surface area contributed by atoms with E-state index in [9.17, 15) is 9.59 Å². The van der Waals surface area contributed by atoms with E-state index in [0.29, 0.717) is 6.41 Å². The lowest BCUT2D eigenvalue weighted by Gasteiger charge is -2.36. The van der Waals surface area contributed by atoms with Crippen molar-refractivity contribution >= 4 is 35.0 Å².